The van der Waals surface area contributed by atoms with Gasteiger partial charge in [-0.1, -0.05) is 0 Å². The summed E-state index contributed by atoms with van der Waals surface area (Å²) in [5.74, 6) is 0.818. The molecule has 0 spiro atoms. The molecule has 2 N–H and O–H groups in total. The quantitative estimate of drug-likeness (QED) is 0.402. The van der Waals surface area contributed by atoms with Gasteiger partial charge in [0.15, 0.2) is 5.96 Å². The van der Waals surface area contributed by atoms with E-state index in [2.05, 4.69) is 29.5 Å². The van der Waals surface area contributed by atoms with Crippen molar-refractivity contribution < 1.29 is 14.2 Å². The first kappa shape index (κ1) is 18.9. The number of nitrogens with zero attached hydrogens (tertiary/aromatic N) is 1. The number of rotatable bonds is 5. The molecule has 0 bridgehead atoms. The molecule has 0 radical (unpaired) electrons. The van der Waals surface area contributed by atoms with Crippen LogP contribution in [-0.4, -0.2) is 63.7 Å². The number of hydrogen-bond acceptors (Lipinski definition) is 4. The fourth-order valence-corrected chi connectivity index (χ4v) is 2.41. The molecule has 124 valence electrons. The molecule has 6 nitrogen and oxygen atoms in total. The molecule has 0 aromatic carbocycles. The number of ether oxygens (including phenoxy) is 3. The molecule has 0 aliphatic carbocycles. The first-order valence-electron chi connectivity index (χ1n) is 7.57. The molecule has 2 aliphatic rings. The first-order valence-corrected chi connectivity index (χ1v) is 7.57. The molecule has 2 fully saturated rings. The molecule has 0 aromatic rings. The van der Waals surface area contributed by atoms with E-state index < -0.39 is 0 Å². The molecule has 2 rings (SSSR count). The smallest absolute Gasteiger partial charge is 0.191 e. The van der Waals surface area contributed by atoms with Crippen molar-refractivity contribution in [2.45, 2.75) is 38.4 Å². The van der Waals surface area contributed by atoms with Crippen LogP contribution in [0.1, 0.15) is 26.7 Å². The summed E-state index contributed by atoms with van der Waals surface area (Å²) in [6.07, 6.45) is 2.31. The summed E-state index contributed by atoms with van der Waals surface area (Å²) < 4.78 is 16.8. The molecule has 2 heterocycles. The number of nitrogens with one attached hydrogen (secondary N) is 2. The Morgan fingerprint density at radius 2 is 2.14 bits per heavy atom. The van der Waals surface area contributed by atoms with E-state index in [0.29, 0.717) is 32.9 Å². The zero-order valence-corrected chi connectivity index (χ0v) is 15.4. The minimum atomic E-state index is -0.104. The van der Waals surface area contributed by atoms with Crippen LogP contribution < -0.4 is 10.6 Å². The fraction of sp³-hybridized carbons (Fsp3) is 0.929. The van der Waals surface area contributed by atoms with Crippen molar-refractivity contribution in [2.24, 2.45) is 4.99 Å². The Bertz CT molecular complexity index is 317. The third-order valence-electron chi connectivity index (χ3n) is 3.60. The Morgan fingerprint density at radius 3 is 2.76 bits per heavy atom. The Labute approximate surface area is 144 Å². The average Bonchev–Trinajstić information content (AvgIpc) is 2.90. The van der Waals surface area contributed by atoms with E-state index in [1.807, 2.05) is 0 Å². The minimum Gasteiger partial charge on any atom is -0.376 e. The van der Waals surface area contributed by atoms with Crippen molar-refractivity contribution in [3.8, 4) is 0 Å². The zero-order chi connectivity index (χ0) is 14.3. The van der Waals surface area contributed by atoms with Crippen molar-refractivity contribution in [3.05, 3.63) is 0 Å². The topological polar surface area (TPSA) is 64.1 Å². The highest BCUT2D eigenvalue weighted by molar-refractivity contribution is 14.0. The Morgan fingerprint density at radius 1 is 1.29 bits per heavy atom. The van der Waals surface area contributed by atoms with Gasteiger partial charge in [0.05, 0.1) is 38.1 Å². The van der Waals surface area contributed by atoms with Gasteiger partial charge in [-0.15, -0.1) is 24.0 Å². The van der Waals surface area contributed by atoms with Gasteiger partial charge in [0.2, 0.25) is 0 Å². The largest absolute Gasteiger partial charge is 0.376 e. The van der Waals surface area contributed by atoms with E-state index in [1.54, 1.807) is 0 Å². The van der Waals surface area contributed by atoms with Crippen LogP contribution in [0, 0.1) is 0 Å². The Hall–Kier alpha value is -0.120. The summed E-state index contributed by atoms with van der Waals surface area (Å²) in [6.45, 7) is 9.29. The molecule has 7 heteroatoms. The van der Waals surface area contributed by atoms with Gasteiger partial charge in [-0.2, -0.15) is 0 Å². The molecule has 21 heavy (non-hydrogen) atoms. The normalized spacial score (nSPS) is 29.8. The van der Waals surface area contributed by atoms with E-state index in [-0.39, 0.29) is 35.7 Å². The molecular weight excluding hydrogens is 385 g/mol. The fourth-order valence-electron chi connectivity index (χ4n) is 2.41. The van der Waals surface area contributed by atoms with E-state index >= 15 is 0 Å². The van der Waals surface area contributed by atoms with E-state index in [1.165, 1.54) is 0 Å². The van der Waals surface area contributed by atoms with Gasteiger partial charge in [-0.05, 0) is 26.7 Å². The van der Waals surface area contributed by atoms with Gasteiger partial charge in [0, 0.05) is 19.7 Å². The lowest BCUT2D eigenvalue weighted by atomic mass is 10.0. The third kappa shape index (κ3) is 6.66. The number of halogens is 1. The summed E-state index contributed by atoms with van der Waals surface area (Å²) in [4.78, 5) is 4.62. The third-order valence-corrected chi connectivity index (χ3v) is 3.60. The molecule has 2 aliphatic heterocycles. The van der Waals surface area contributed by atoms with Gasteiger partial charge in [-0.25, -0.2) is 0 Å². The van der Waals surface area contributed by atoms with Gasteiger partial charge in [-0.3, -0.25) is 4.99 Å². The maximum absolute atomic E-state index is 5.76. The average molecular weight is 413 g/mol. The van der Waals surface area contributed by atoms with Crippen molar-refractivity contribution in [2.75, 3.05) is 46.1 Å². The van der Waals surface area contributed by atoms with Crippen LogP contribution in [-0.2, 0) is 14.2 Å². The van der Waals surface area contributed by atoms with E-state index in [9.17, 15) is 0 Å². The van der Waals surface area contributed by atoms with Gasteiger partial charge >= 0.3 is 0 Å². The van der Waals surface area contributed by atoms with E-state index in [4.69, 9.17) is 14.2 Å². The maximum atomic E-state index is 5.76. The van der Waals surface area contributed by atoms with Gasteiger partial charge in [0.25, 0.3) is 0 Å². The minimum absolute atomic E-state index is 0. The van der Waals surface area contributed by atoms with E-state index in [0.717, 1.165) is 32.0 Å². The van der Waals surface area contributed by atoms with Gasteiger partial charge in [0.1, 0.15) is 0 Å². The van der Waals surface area contributed by atoms with Crippen LogP contribution in [0.2, 0.25) is 0 Å². The lowest BCUT2D eigenvalue weighted by molar-refractivity contribution is -0.0850. The van der Waals surface area contributed by atoms with Crippen molar-refractivity contribution >= 4 is 29.9 Å². The Balaban J connectivity index is 0.00000220. The summed E-state index contributed by atoms with van der Waals surface area (Å²) in [6, 6.07) is 0. The molecule has 0 saturated carbocycles. The lowest BCUT2D eigenvalue weighted by Crippen LogP contribution is -2.45. The summed E-state index contributed by atoms with van der Waals surface area (Å²) in [7, 11) is 0. The van der Waals surface area contributed by atoms with Gasteiger partial charge < -0.3 is 24.8 Å². The van der Waals surface area contributed by atoms with Crippen LogP contribution in [0.4, 0.5) is 0 Å². The molecule has 0 aromatic heterocycles. The molecule has 2 saturated heterocycles. The monoisotopic (exact) mass is 413 g/mol. The highest BCUT2D eigenvalue weighted by Crippen LogP contribution is 2.24. The highest BCUT2D eigenvalue weighted by Gasteiger charge is 2.29. The second kappa shape index (κ2) is 9.81. The van der Waals surface area contributed by atoms with Crippen LogP contribution in [0.5, 0.6) is 0 Å². The van der Waals surface area contributed by atoms with Crippen LogP contribution in [0.15, 0.2) is 4.99 Å². The van der Waals surface area contributed by atoms with Crippen LogP contribution in [0.3, 0.4) is 0 Å². The maximum Gasteiger partial charge on any atom is 0.191 e. The molecule has 2 atom stereocenters. The standard InChI is InChI=1S/C14H27N3O3.HI/c1-3-15-13(16-9-12-10-18-7-8-19-12)17-11-14(2)5-4-6-20-14;/h12H,3-11H2,1-2H3,(H2,15,16,17);1H. The first-order chi connectivity index (χ1) is 9.72. The zero-order valence-electron chi connectivity index (χ0n) is 13.0. The second-order valence-electron chi connectivity index (χ2n) is 5.55. The molecule has 0 amide bonds. The van der Waals surface area contributed by atoms with Crippen LogP contribution >= 0.6 is 24.0 Å². The SMILES string of the molecule is CCNC(=NCC1(C)CCCO1)NCC1COCCO1.I. The number of guanidine groups is 1. The summed E-state index contributed by atoms with van der Waals surface area (Å²) in [5, 5.41) is 6.56. The Kier molecular flexibility index (Phi) is 8.84. The second-order valence-corrected chi connectivity index (χ2v) is 5.55. The predicted octanol–water partition coefficient (Wildman–Crippen LogP) is 1.14. The predicted molar refractivity (Wildman–Crippen MR) is 93.5 cm³/mol. The van der Waals surface area contributed by atoms with Crippen molar-refractivity contribution in [1.29, 1.82) is 0 Å². The molecule has 2 unspecified atom stereocenters. The lowest BCUT2D eigenvalue weighted by Gasteiger charge is -2.25. The number of hydrogen-bond donors (Lipinski definition) is 2. The van der Waals surface area contributed by atoms with Crippen LogP contribution in [0.25, 0.3) is 0 Å². The number of aliphatic imine (C=N–C) groups is 1. The summed E-state index contributed by atoms with van der Waals surface area (Å²) in [5.41, 5.74) is -0.104. The van der Waals surface area contributed by atoms with Crippen molar-refractivity contribution in [1.82, 2.24) is 10.6 Å². The highest BCUT2D eigenvalue weighted by atomic mass is 127. The van der Waals surface area contributed by atoms with Crippen molar-refractivity contribution in [3.63, 3.8) is 0 Å². The molecular formula is C14H28IN3O3. The summed E-state index contributed by atoms with van der Waals surface area (Å²) >= 11 is 0.